The van der Waals surface area contributed by atoms with Gasteiger partial charge in [-0.2, -0.15) is 8.78 Å². The van der Waals surface area contributed by atoms with E-state index in [-0.39, 0.29) is 23.7 Å². The Hall–Kier alpha value is -1.77. The standard InChI is InChI=1S/C12H12F2O7/c13-12(14,11(17)18)19-3-7(15)20-8-4-1-5-6(2-4)10(16)21-9(5)8/h4-6,8-9H,1-3H2,(H,17,18). The Bertz CT molecular complexity index is 506. The maximum Gasteiger partial charge on any atom is 0.456 e. The summed E-state index contributed by atoms with van der Waals surface area (Å²) in [6.07, 6.45) is -4.37. The molecule has 2 bridgehead atoms. The largest absolute Gasteiger partial charge is 0.475 e. The number of alkyl halides is 2. The third-order valence-electron chi connectivity index (χ3n) is 4.30. The van der Waals surface area contributed by atoms with Gasteiger partial charge < -0.3 is 14.6 Å². The van der Waals surface area contributed by atoms with Crippen molar-refractivity contribution in [2.75, 3.05) is 6.61 Å². The molecule has 116 valence electrons. The molecular formula is C12H12F2O7. The van der Waals surface area contributed by atoms with Crippen LogP contribution in [0, 0.1) is 17.8 Å². The van der Waals surface area contributed by atoms with E-state index in [9.17, 15) is 23.2 Å². The smallest absolute Gasteiger partial charge is 0.456 e. The lowest BCUT2D eigenvalue weighted by atomic mass is 9.88. The molecule has 0 amide bonds. The van der Waals surface area contributed by atoms with E-state index in [1.165, 1.54) is 0 Å². The zero-order valence-electron chi connectivity index (χ0n) is 10.7. The molecule has 0 aromatic heterocycles. The van der Waals surface area contributed by atoms with Crippen LogP contribution < -0.4 is 0 Å². The van der Waals surface area contributed by atoms with Gasteiger partial charge in [0.05, 0.1) is 5.92 Å². The first-order valence-corrected chi connectivity index (χ1v) is 6.44. The summed E-state index contributed by atoms with van der Waals surface area (Å²) in [5, 5.41) is 8.15. The molecule has 3 rings (SSSR count). The summed E-state index contributed by atoms with van der Waals surface area (Å²) in [6, 6.07) is 0. The summed E-state index contributed by atoms with van der Waals surface area (Å²) in [5.41, 5.74) is 0. The van der Waals surface area contributed by atoms with Gasteiger partial charge in [-0.1, -0.05) is 0 Å². The molecule has 3 aliphatic rings. The minimum atomic E-state index is -4.45. The zero-order valence-corrected chi connectivity index (χ0v) is 10.7. The van der Waals surface area contributed by atoms with E-state index in [4.69, 9.17) is 14.6 Å². The van der Waals surface area contributed by atoms with Crippen molar-refractivity contribution in [3.63, 3.8) is 0 Å². The number of carboxylic acid groups (broad SMARTS) is 1. The van der Waals surface area contributed by atoms with E-state index in [0.717, 1.165) is 0 Å². The SMILES string of the molecule is O=C(COC(F)(F)C(=O)O)OC1C2CC3C(=O)OC1C3C2. The van der Waals surface area contributed by atoms with Gasteiger partial charge in [0.15, 0.2) is 6.61 Å². The molecular weight excluding hydrogens is 294 g/mol. The van der Waals surface area contributed by atoms with Crippen LogP contribution in [0.1, 0.15) is 12.8 Å². The van der Waals surface area contributed by atoms with Gasteiger partial charge in [0.25, 0.3) is 0 Å². The van der Waals surface area contributed by atoms with E-state index in [1.54, 1.807) is 0 Å². The van der Waals surface area contributed by atoms with Crippen LogP contribution in [0.25, 0.3) is 0 Å². The lowest BCUT2D eigenvalue weighted by Crippen LogP contribution is -2.39. The average molecular weight is 306 g/mol. The van der Waals surface area contributed by atoms with Crippen molar-refractivity contribution >= 4 is 17.9 Å². The molecule has 2 saturated carbocycles. The first-order chi connectivity index (χ1) is 9.79. The number of ether oxygens (including phenoxy) is 3. The second kappa shape index (κ2) is 4.62. The fourth-order valence-corrected chi connectivity index (χ4v) is 3.46. The molecule has 1 aliphatic heterocycles. The predicted molar refractivity (Wildman–Crippen MR) is 58.0 cm³/mol. The molecule has 1 N–H and O–H groups in total. The first kappa shape index (κ1) is 14.2. The van der Waals surface area contributed by atoms with Crippen LogP contribution in [0.5, 0.6) is 0 Å². The van der Waals surface area contributed by atoms with Crippen molar-refractivity contribution in [2.24, 2.45) is 17.8 Å². The van der Waals surface area contributed by atoms with E-state index >= 15 is 0 Å². The second-order valence-electron chi connectivity index (χ2n) is 5.47. The van der Waals surface area contributed by atoms with Gasteiger partial charge in [-0.15, -0.1) is 0 Å². The molecule has 3 fully saturated rings. The Balaban J connectivity index is 1.55. The fourth-order valence-electron chi connectivity index (χ4n) is 3.46. The summed E-state index contributed by atoms with van der Waals surface area (Å²) in [7, 11) is 0. The number of rotatable bonds is 5. The Labute approximate surface area is 117 Å². The van der Waals surface area contributed by atoms with E-state index in [2.05, 4.69) is 4.74 Å². The van der Waals surface area contributed by atoms with E-state index < -0.39 is 36.9 Å². The Morgan fingerprint density at radius 2 is 2.10 bits per heavy atom. The van der Waals surface area contributed by atoms with E-state index in [0.29, 0.717) is 12.8 Å². The quantitative estimate of drug-likeness (QED) is 0.723. The lowest BCUT2D eigenvalue weighted by Gasteiger charge is -2.25. The number of carbonyl (C=O) groups is 3. The minimum absolute atomic E-state index is 0.0154. The number of esters is 2. The third kappa shape index (κ3) is 2.25. The first-order valence-electron chi connectivity index (χ1n) is 6.44. The number of aliphatic carboxylic acids is 1. The van der Waals surface area contributed by atoms with Gasteiger partial charge in [-0.05, 0) is 12.8 Å². The molecule has 1 heterocycles. The summed E-state index contributed by atoms with van der Waals surface area (Å²) < 4.78 is 39.2. The van der Waals surface area contributed by atoms with Crippen molar-refractivity contribution in [1.29, 1.82) is 0 Å². The van der Waals surface area contributed by atoms with Gasteiger partial charge in [-0.25, -0.2) is 9.59 Å². The van der Waals surface area contributed by atoms with Gasteiger partial charge in [-0.3, -0.25) is 9.53 Å². The van der Waals surface area contributed by atoms with Crippen LogP contribution in [0.3, 0.4) is 0 Å². The maximum atomic E-state index is 12.7. The third-order valence-corrected chi connectivity index (χ3v) is 4.30. The average Bonchev–Trinajstić information content (AvgIpc) is 3.01. The second-order valence-corrected chi connectivity index (χ2v) is 5.47. The summed E-state index contributed by atoms with van der Waals surface area (Å²) in [5.74, 6) is -4.06. The van der Waals surface area contributed by atoms with Gasteiger partial charge in [0.1, 0.15) is 12.2 Å². The molecule has 2 aliphatic carbocycles. The number of carbonyl (C=O) groups excluding carboxylic acids is 2. The monoisotopic (exact) mass is 306 g/mol. The molecule has 21 heavy (non-hydrogen) atoms. The predicted octanol–water partition coefficient (Wildman–Crippen LogP) is 0.174. The number of hydrogen-bond acceptors (Lipinski definition) is 6. The number of carboxylic acids is 1. The highest BCUT2D eigenvalue weighted by Crippen LogP contribution is 2.55. The molecule has 7 nitrogen and oxygen atoms in total. The van der Waals surface area contributed by atoms with Gasteiger partial charge >= 0.3 is 24.0 Å². The topological polar surface area (TPSA) is 99.1 Å². The number of halogens is 2. The summed E-state index contributed by atoms with van der Waals surface area (Å²) in [4.78, 5) is 33.1. The summed E-state index contributed by atoms with van der Waals surface area (Å²) >= 11 is 0. The van der Waals surface area contributed by atoms with Crippen molar-refractivity contribution in [3.05, 3.63) is 0 Å². The molecule has 0 aromatic carbocycles. The Morgan fingerprint density at radius 1 is 1.38 bits per heavy atom. The molecule has 5 atom stereocenters. The molecule has 0 aromatic rings. The van der Waals surface area contributed by atoms with Gasteiger partial charge in [0.2, 0.25) is 0 Å². The number of hydrogen-bond donors (Lipinski definition) is 1. The zero-order chi connectivity index (χ0) is 15.4. The molecule has 1 saturated heterocycles. The van der Waals surface area contributed by atoms with Crippen molar-refractivity contribution in [1.82, 2.24) is 0 Å². The van der Waals surface area contributed by atoms with Crippen LogP contribution in [-0.2, 0) is 28.6 Å². The normalized spacial score (nSPS) is 36.7. The van der Waals surface area contributed by atoms with Gasteiger partial charge in [0, 0.05) is 11.8 Å². The van der Waals surface area contributed by atoms with Crippen molar-refractivity contribution < 1.29 is 42.5 Å². The van der Waals surface area contributed by atoms with E-state index in [1.807, 2.05) is 0 Å². The van der Waals surface area contributed by atoms with Crippen molar-refractivity contribution in [2.45, 2.75) is 31.2 Å². The summed E-state index contributed by atoms with van der Waals surface area (Å²) in [6.45, 7) is -1.18. The highest BCUT2D eigenvalue weighted by molar-refractivity contribution is 5.77. The van der Waals surface area contributed by atoms with Crippen LogP contribution >= 0.6 is 0 Å². The molecule has 0 spiro atoms. The van der Waals surface area contributed by atoms with Crippen LogP contribution in [0.4, 0.5) is 8.78 Å². The minimum Gasteiger partial charge on any atom is -0.475 e. The molecule has 9 heteroatoms. The van der Waals surface area contributed by atoms with Crippen LogP contribution in [0.15, 0.2) is 0 Å². The Morgan fingerprint density at radius 3 is 2.76 bits per heavy atom. The highest BCUT2D eigenvalue weighted by Gasteiger charge is 2.63. The molecule has 5 unspecified atom stereocenters. The number of fused-ring (bicyclic) bond motifs is 1. The highest BCUT2D eigenvalue weighted by atomic mass is 19.3. The maximum absolute atomic E-state index is 12.7. The van der Waals surface area contributed by atoms with Crippen LogP contribution in [-0.4, -0.2) is 47.9 Å². The lowest BCUT2D eigenvalue weighted by molar-refractivity contribution is -0.248. The Kier molecular flexibility index (Phi) is 3.12. The molecule has 0 radical (unpaired) electrons. The fraction of sp³-hybridized carbons (Fsp3) is 0.750. The van der Waals surface area contributed by atoms with Crippen LogP contribution in [0.2, 0.25) is 0 Å². The van der Waals surface area contributed by atoms with Crippen molar-refractivity contribution in [3.8, 4) is 0 Å².